The van der Waals surface area contributed by atoms with Crippen LogP contribution in [0.1, 0.15) is 62.6 Å². The molecule has 1 saturated carbocycles. The minimum Gasteiger partial charge on any atom is -0.339 e. The lowest BCUT2D eigenvalue weighted by Gasteiger charge is -2.21. The minimum atomic E-state index is 0.568. The first kappa shape index (κ1) is 12.2. The third-order valence-electron chi connectivity index (χ3n) is 4.37. The van der Waals surface area contributed by atoms with Gasteiger partial charge in [-0.15, -0.1) is 0 Å². The second-order valence-corrected chi connectivity index (χ2v) is 5.78. The predicted octanol–water partition coefficient (Wildman–Crippen LogP) is 2.66. The zero-order chi connectivity index (χ0) is 12.2. The molecule has 1 aromatic heterocycles. The van der Waals surface area contributed by atoms with Gasteiger partial charge in [0.05, 0.1) is 0 Å². The van der Waals surface area contributed by atoms with Gasteiger partial charge < -0.3 is 9.84 Å². The van der Waals surface area contributed by atoms with E-state index >= 15 is 0 Å². The van der Waals surface area contributed by atoms with Crippen molar-refractivity contribution in [1.82, 2.24) is 15.5 Å². The van der Waals surface area contributed by atoms with Crippen LogP contribution in [0, 0.1) is 5.92 Å². The molecule has 2 fully saturated rings. The van der Waals surface area contributed by atoms with Crippen molar-refractivity contribution in [2.75, 3.05) is 13.1 Å². The van der Waals surface area contributed by atoms with Crippen LogP contribution >= 0.6 is 0 Å². The van der Waals surface area contributed by atoms with E-state index in [1.807, 2.05) is 0 Å². The van der Waals surface area contributed by atoms with Gasteiger partial charge in [0.1, 0.15) is 0 Å². The highest BCUT2D eigenvalue weighted by Gasteiger charge is 2.22. The highest BCUT2D eigenvalue weighted by molar-refractivity contribution is 4.98. The summed E-state index contributed by atoms with van der Waals surface area (Å²) in [5.41, 5.74) is 0. The molecule has 3 rings (SSSR count). The lowest BCUT2D eigenvalue weighted by molar-refractivity contribution is 0.325. The number of nitrogens with zero attached hydrogens (tertiary/aromatic N) is 2. The molecule has 1 unspecified atom stereocenters. The van der Waals surface area contributed by atoms with Gasteiger partial charge in [0.2, 0.25) is 5.89 Å². The second-order valence-electron chi connectivity index (χ2n) is 5.78. The minimum absolute atomic E-state index is 0.568. The Morgan fingerprint density at radius 3 is 2.83 bits per heavy atom. The third-order valence-corrected chi connectivity index (χ3v) is 4.37. The Morgan fingerprint density at radius 2 is 2.06 bits per heavy atom. The fourth-order valence-corrected chi connectivity index (χ4v) is 3.22. The Labute approximate surface area is 109 Å². The van der Waals surface area contributed by atoms with Crippen molar-refractivity contribution in [2.24, 2.45) is 5.92 Å². The number of hydrogen-bond acceptors (Lipinski definition) is 4. The lowest BCUT2D eigenvalue weighted by atomic mass is 9.95. The summed E-state index contributed by atoms with van der Waals surface area (Å²) in [6, 6.07) is 0. The van der Waals surface area contributed by atoms with Gasteiger partial charge >= 0.3 is 0 Å². The standard InChI is InChI=1S/C14H23N3O/c1-2-6-12(5-1)14-16-13(18-17-14)8-7-11-4-3-9-15-10-11/h11-12,15H,1-10H2. The molecule has 0 spiro atoms. The van der Waals surface area contributed by atoms with E-state index < -0.39 is 0 Å². The van der Waals surface area contributed by atoms with E-state index in [1.165, 1.54) is 51.5 Å². The normalized spacial score (nSPS) is 25.7. The highest BCUT2D eigenvalue weighted by Crippen LogP contribution is 2.32. The Hall–Kier alpha value is -0.900. The molecule has 0 radical (unpaired) electrons. The molecule has 2 heterocycles. The maximum absolute atomic E-state index is 5.39. The summed E-state index contributed by atoms with van der Waals surface area (Å²) >= 11 is 0. The van der Waals surface area contributed by atoms with Gasteiger partial charge in [0.15, 0.2) is 5.82 Å². The SMILES string of the molecule is C1CNCC(CCc2nc(C3CCCC3)no2)C1. The zero-order valence-electron chi connectivity index (χ0n) is 11.0. The Balaban J connectivity index is 1.50. The van der Waals surface area contributed by atoms with Crippen molar-refractivity contribution in [3.63, 3.8) is 0 Å². The molecule has 0 amide bonds. The molecule has 2 aliphatic rings. The van der Waals surface area contributed by atoms with E-state index in [9.17, 15) is 0 Å². The van der Waals surface area contributed by atoms with E-state index in [4.69, 9.17) is 4.52 Å². The molecule has 4 nitrogen and oxygen atoms in total. The maximum Gasteiger partial charge on any atom is 0.226 e. The lowest BCUT2D eigenvalue weighted by Crippen LogP contribution is -2.29. The van der Waals surface area contributed by atoms with E-state index in [2.05, 4.69) is 15.5 Å². The number of aromatic nitrogens is 2. The van der Waals surface area contributed by atoms with Gasteiger partial charge in [-0.1, -0.05) is 18.0 Å². The van der Waals surface area contributed by atoms with Crippen molar-refractivity contribution >= 4 is 0 Å². The van der Waals surface area contributed by atoms with Crippen molar-refractivity contribution in [3.8, 4) is 0 Å². The Kier molecular flexibility index (Phi) is 3.93. The molecule has 1 atom stereocenters. The topological polar surface area (TPSA) is 51.0 Å². The summed E-state index contributed by atoms with van der Waals surface area (Å²) in [5, 5.41) is 7.61. The molecule has 0 bridgehead atoms. The van der Waals surface area contributed by atoms with Crippen LogP contribution in [-0.2, 0) is 6.42 Å². The molecule has 0 aromatic carbocycles. The number of aryl methyl sites for hydroxylation is 1. The number of nitrogens with one attached hydrogen (secondary N) is 1. The van der Waals surface area contributed by atoms with Crippen molar-refractivity contribution in [3.05, 3.63) is 11.7 Å². The van der Waals surface area contributed by atoms with Gasteiger partial charge in [0.25, 0.3) is 0 Å². The number of rotatable bonds is 4. The van der Waals surface area contributed by atoms with Gasteiger partial charge in [-0.2, -0.15) is 4.98 Å². The van der Waals surface area contributed by atoms with Crippen LogP contribution in [0.4, 0.5) is 0 Å². The number of hydrogen-bond donors (Lipinski definition) is 1. The third kappa shape index (κ3) is 2.91. The first-order valence-electron chi connectivity index (χ1n) is 7.45. The molecule has 1 aliphatic heterocycles. The van der Waals surface area contributed by atoms with Crippen LogP contribution in [0.3, 0.4) is 0 Å². The van der Waals surface area contributed by atoms with Gasteiger partial charge in [-0.3, -0.25) is 0 Å². The predicted molar refractivity (Wildman–Crippen MR) is 69.4 cm³/mol. The van der Waals surface area contributed by atoms with Crippen molar-refractivity contribution in [2.45, 2.75) is 57.3 Å². The summed E-state index contributed by atoms with van der Waals surface area (Å²) in [6.07, 6.45) is 9.91. The summed E-state index contributed by atoms with van der Waals surface area (Å²) in [7, 11) is 0. The first-order chi connectivity index (χ1) is 8.92. The summed E-state index contributed by atoms with van der Waals surface area (Å²) in [4.78, 5) is 4.58. The average Bonchev–Trinajstić information content (AvgIpc) is 3.08. The molecule has 18 heavy (non-hydrogen) atoms. The molecule has 4 heteroatoms. The number of piperidine rings is 1. The van der Waals surface area contributed by atoms with Crippen LogP contribution < -0.4 is 5.32 Å². The fraction of sp³-hybridized carbons (Fsp3) is 0.857. The largest absolute Gasteiger partial charge is 0.339 e. The fourth-order valence-electron chi connectivity index (χ4n) is 3.22. The summed E-state index contributed by atoms with van der Waals surface area (Å²) < 4.78 is 5.39. The van der Waals surface area contributed by atoms with Crippen LogP contribution in [-0.4, -0.2) is 23.2 Å². The quantitative estimate of drug-likeness (QED) is 0.891. The van der Waals surface area contributed by atoms with Crippen LogP contribution in [0.15, 0.2) is 4.52 Å². The molecule has 100 valence electrons. The molecule has 1 saturated heterocycles. The zero-order valence-corrected chi connectivity index (χ0v) is 11.0. The van der Waals surface area contributed by atoms with Gasteiger partial charge in [0, 0.05) is 12.3 Å². The van der Waals surface area contributed by atoms with Gasteiger partial charge in [-0.05, 0) is 51.1 Å². The average molecular weight is 249 g/mol. The molecule has 1 aliphatic carbocycles. The molecule has 1 aromatic rings. The summed E-state index contributed by atoms with van der Waals surface area (Å²) in [6.45, 7) is 2.34. The second kappa shape index (κ2) is 5.83. The van der Waals surface area contributed by atoms with Crippen LogP contribution in [0.25, 0.3) is 0 Å². The van der Waals surface area contributed by atoms with E-state index in [0.717, 1.165) is 30.6 Å². The Morgan fingerprint density at radius 1 is 1.17 bits per heavy atom. The van der Waals surface area contributed by atoms with Gasteiger partial charge in [-0.25, -0.2) is 0 Å². The van der Waals surface area contributed by atoms with Crippen molar-refractivity contribution < 1.29 is 4.52 Å². The monoisotopic (exact) mass is 249 g/mol. The van der Waals surface area contributed by atoms with E-state index in [-0.39, 0.29) is 0 Å². The maximum atomic E-state index is 5.39. The summed E-state index contributed by atoms with van der Waals surface area (Å²) in [5.74, 6) is 3.17. The van der Waals surface area contributed by atoms with E-state index in [1.54, 1.807) is 0 Å². The highest BCUT2D eigenvalue weighted by atomic mass is 16.5. The van der Waals surface area contributed by atoms with E-state index in [0.29, 0.717) is 5.92 Å². The van der Waals surface area contributed by atoms with Crippen molar-refractivity contribution in [1.29, 1.82) is 0 Å². The smallest absolute Gasteiger partial charge is 0.226 e. The molecular formula is C14H23N3O. The molecule has 1 N–H and O–H groups in total. The van der Waals surface area contributed by atoms with Crippen LogP contribution in [0.5, 0.6) is 0 Å². The first-order valence-corrected chi connectivity index (χ1v) is 7.45. The Bertz CT molecular complexity index is 365. The molecular weight excluding hydrogens is 226 g/mol. The van der Waals surface area contributed by atoms with Crippen LogP contribution in [0.2, 0.25) is 0 Å².